The van der Waals surface area contributed by atoms with E-state index >= 15 is 0 Å². The summed E-state index contributed by atoms with van der Waals surface area (Å²) < 4.78 is 0. The molecule has 18 heavy (non-hydrogen) atoms. The molecule has 0 bridgehead atoms. The molecule has 1 aromatic heterocycles. The molecule has 0 fully saturated rings. The molecule has 0 aliphatic carbocycles. The van der Waals surface area contributed by atoms with Crippen molar-refractivity contribution >= 4 is 35.6 Å². The van der Waals surface area contributed by atoms with Gasteiger partial charge in [-0.2, -0.15) is 0 Å². The molecule has 1 unspecified atom stereocenters. The summed E-state index contributed by atoms with van der Waals surface area (Å²) in [7, 11) is 0. The van der Waals surface area contributed by atoms with Crippen molar-refractivity contribution in [1.82, 2.24) is 4.90 Å². The summed E-state index contributed by atoms with van der Waals surface area (Å²) in [5.41, 5.74) is 10.7. The van der Waals surface area contributed by atoms with Crippen LogP contribution in [0.5, 0.6) is 0 Å². The average molecular weight is 292 g/mol. The maximum absolute atomic E-state index is 11.9. The first-order valence-electron chi connectivity index (χ1n) is 5.39. The summed E-state index contributed by atoms with van der Waals surface area (Å²) in [5, 5.41) is 1.96. The number of amides is 2. The third-order valence-corrected chi connectivity index (χ3v) is 3.22. The smallest absolute Gasteiger partial charge is 0.240 e. The number of halogens is 1. The van der Waals surface area contributed by atoms with Gasteiger partial charge >= 0.3 is 0 Å². The lowest BCUT2D eigenvalue weighted by Crippen LogP contribution is -2.45. The van der Waals surface area contributed by atoms with Crippen molar-refractivity contribution in [3.05, 3.63) is 22.4 Å². The minimum atomic E-state index is -0.840. The summed E-state index contributed by atoms with van der Waals surface area (Å²) in [6, 6.07) is 3.05. The van der Waals surface area contributed by atoms with Gasteiger partial charge in [-0.3, -0.25) is 9.59 Å². The van der Waals surface area contributed by atoms with Gasteiger partial charge in [-0.15, -0.1) is 23.7 Å². The maximum atomic E-state index is 11.9. The second-order valence-electron chi connectivity index (χ2n) is 3.71. The molecule has 2 amide bonds. The van der Waals surface area contributed by atoms with E-state index in [2.05, 4.69) is 0 Å². The molecule has 4 N–H and O–H groups in total. The number of likely N-dealkylation sites (N-methyl/N-ethyl adjacent to an activating group) is 1. The van der Waals surface area contributed by atoms with Crippen LogP contribution in [0.3, 0.4) is 0 Å². The van der Waals surface area contributed by atoms with E-state index in [-0.39, 0.29) is 24.7 Å². The van der Waals surface area contributed by atoms with Crippen LogP contribution < -0.4 is 11.5 Å². The van der Waals surface area contributed by atoms with Crippen LogP contribution >= 0.6 is 23.7 Å². The third-order valence-electron chi connectivity index (χ3n) is 2.36. The number of nitrogens with zero attached hydrogens (tertiary/aromatic N) is 1. The second-order valence-corrected chi connectivity index (χ2v) is 4.74. The molecule has 1 aromatic rings. The highest BCUT2D eigenvalue weighted by molar-refractivity contribution is 7.09. The Morgan fingerprint density at radius 1 is 1.50 bits per heavy atom. The van der Waals surface area contributed by atoms with Crippen molar-refractivity contribution in [2.45, 2.75) is 25.9 Å². The maximum Gasteiger partial charge on any atom is 0.240 e. The van der Waals surface area contributed by atoms with E-state index in [0.29, 0.717) is 13.1 Å². The summed E-state index contributed by atoms with van der Waals surface area (Å²) >= 11 is 1.58. The molecule has 0 aromatic carbocycles. The number of hydrogen-bond acceptors (Lipinski definition) is 4. The predicted molar refractivity (Wildman–Crippen MR) is 74.4 cm³/mol. The number of rotatable bonds is 6. The zero-order valence-corrected chi connectivity index (χ0v) is 11.8. The Balaban J connectivity index is 0.00000289. The molecule has 0 saturated heterocycles. The topological polar surface area (TPSA) is 89.4 Å². The first kappa shape index (κ1) is 16.9. The van der Waals surface area contributed by atoms with E-state index in [1.807, 2.05) is 24.4 Å². The third kappa shape index (κ3) is 5.03. The minimum Gasteiger partial charge on any atom is -0.370 e. The average Bonchev–Trinajstić information content (AvgIpc) is 2.76. The van der Waals surface area contributed by atoms with Crippen LogP contribution in [0.15, 0.2) is 17.5 Å². The van der Waals surface area contributed by atoms with Gasteiger partial charge in [-0.05, 0) is 18.4 Å². The van der Waals surface area contributed by atoms with Gasteiger partial charge in [0.1, 0.15) is 0 Å². The molecule has 102 valence electrons. The number of primary amides is 1. The fourth-order valence-corrected chi connectivity index (χ4v) is 2.19. The molecule has 0 saturated carbocycles. The van der Waals surface area contributed by atoms with Crippen LogP contribution in [0, 0.1) is 0 Å². The van der Waals surface area contributed by atoms with E-state index in [1.165, 1.54) is 0 Å². The lowest BCUT2D eigenvalue weighted by molar-refractivity contribution is -0.135. The Labute approximate surface area is 117 Å². The van der Waals surface area contributed by atoms with Crippen molar-refractivity contribution in [3.8, 4) is 0 Å². The summed E-state index contributed by atoms with van der Waals surface area (Å²) in [6.07, 6.45) is -0.111. The van der Waals surface area contributed by atoms with E-state index < -0.39 is 11.9 Å². The number of carbonyl (C=O) groups excluding carboxylic acids is 2. The van der Waals surface area contributed by atoms with Crippen LogP contribution in [0.4, 0.5) is 0 Å². The normalized spacial score (nSPS) is 11.4. The molecule has 1 heterocycles. The molecular formula is C11H18ClN3O2S. The first-order valence-corrected chi connectivity index (χ1v) is 6.27. The van der Waals surface area contributed by atoms with Gasteiger partial charge in [0.05, 0.1) is 19.0 Å². The fraction of sp³-hybridized carbons (Fsp3) is 0.455. The van der Waals surface area contributed by atoms with Crippen molar-refractivity contribution in [3.63, 3.8) is 0 Å². The van der Waals surface area contributed by atoms with E-state index in [0.717, 1.165) is 4.88 Å². The largest absolute Gasteiger partial charge is 0.370 e. The molecule has 0 aliphatic heterocycles. The van der Waals surface area contributed by atoms with Gasteiger partial charge in [0.25, 0.3) is 0 Å². The Morgan fingerprint density at radius 2 is 2.17 bits per heavy atom. The fourth-order valence-electron chi connectivity index (χ4n) is 1.47. The number of thiophene rings is 1. The van der Waals surface area contributed by atoms with E-state index in [9.17, 15) is 9.59 Å². The zero-order chi connectivity index (χ0) is 12.8. The van der Waals surface area contributed by atoms with Crippen LogP contribution in [0.25, 0.3) is 0 Å². The van der Waals surface area contributed by atoms with E-state index in [4.69, 9.17) is 11.5 Å². The Morgan fingerprint density at radius 3 is 2.61 bits per heavy atom. The summed E-state index contributed by atoms with van der Waals surface area (Å²) in [5.74, 6) is -0.794. The molecule has 0 aliphatic rings. The number of hydrogen-bond donors (Lipinski definition) is 2. The van der Waals surface area contributed by atoms with Crippen LogP contribution in [-0.4, -0.2) is 29.3 Å². The van der Waals surface area contributed by atoms with Gasteiger partial charge < -0.3 is 16.4 Å². The highest BCUT2D eigenvalue weighted by Gasteiger charge is 2.21. The highest BCUT2D eigenvalue weighted by atomic mass is 35.5. The van der Waals surface area contributed by atoms with Gasteiger partial charge in [0.2, 0.25) is 11.8 Å². The molecule has 0 radical (unpaired) electrons. The zero-order valence-electron chi connectivity index (χ0n) is 10.2. The molecule has 5 nitrogen and oxygen atoms in total. The highest BCUT2D eigenvalue weighted by Crippen LogP contribution is 2.12. The Hall–Kier alpha value is -1.11. The summed E-state index contributed by atoms with van der Waals surface area (Å²) in [6.45, 7) is 2.96. The van der Waals surface area contributed by atoms with Crippen molar-refractivity contribution in [2.75, 3.05) is 6.54 Å². The summed E-state index contributed by atoms with van der Waals surface area (Å²) in [4.78, 5) is 25.4. The standard InChI is InChI=1S/C11H17N3O2S.ClH/c1-2-14(7-8-4-3-5-17-8)11(16)9(12)6-10(13)15;/h3-5,9H,2,6-7,12H2,1H3,(H2,13,15);1H. The SMILES string of the molecule is CCN(Cc1cccs1)C(=O)C(N)CC(N)=O.Cl. The van der Waals surface area contributed by atoms with Gasteiger partial charge in [-0.25, -0.2) is 0 Å². The first-order chi connectivity index (χ1) is 8.04. The number of carbonyl (C=O) groups is 2. The molecule has 1 atom stereocenters. The van der Waals surface area contributed by atoms with Crippen LogP contribution in [-0.2, 0) is 16.1 Å². The van der Waals surface area contributed by atoms with Crippen molar-refractivity contribution in [2.24, 2.45) is 11.5 Å². The molecule has 1 rings (SSSR count). The van der Waals surface area contributed by atoms with Gasteiger partial charge in [0.15, 0.2) is 0 Å². The van der Waals surface area contributed by atoms with E-state index in [1.54, 1.807) is 16.2 Å². The number of nitrogens with two attached hydrogens (primary N) is 2. The van der Waals surface area contributed by atoms with Crippen molar-refractivity contribution < 1.29 is 9.59 Å². The molecular weight excluding hydrogens is 274 g/mol. The molecule has 0 spiro atoms. The monoisotopic (exact) mass is 291 g/mol. The Kier molecular flexibility index (Phi) is 7.58. The second kappa shape index (κ2) is 8.07. The van der Waals surface area contributed by atoms with Crippen molar-refractivity contribution in [1.29, 1.82) is 0 Å². The minimum absolute atomic E-state index is 0. The lowest BCUT2D eigenvalue weighted by Gasteiger charge is -2.23. The quantitative estimate of drug-likeness (QED) is 0.809. The Bertz CT molecular complexity index is 384. The van der Waals surface area contributed by atoms with Crippen LogP contribution in [0.1, 0.15) is 18.2 Å². The van der Waals surface area contributed by atoms with Crippen LogP contribution in [0.2, 0.25) is 0 Å². The predicted octanol–water partition coefficient (Wildman–Crippen LogP) is 0.721. The lowest BCUT2D eigenvalue weighted by atomic mass is 10.2. The molecule has 7 heteroatoms. The van der Waals surface area contributed by atoms with Gasteiger partial charge in [0, 0.05) is 11.4 Å². The van der Waals surface area contributed by atoms with Gasteiger partial charge in [-0.1, -0.05) is 6.07 Å².